The van der Waals surface area contributed by atoms with E-state index in [1.165, 1.54) is 51.4 Å². The van der Waals surface area contributed by atoms with Crippen LogP contribution in [-0.4, -0.2) is 30.8 Å². The maximum atomic E-state index is 11.9. The molecule has 4 nitrogen and oxygen atoms in total. The van der Waals surface area contributed by atoms with Gasteiger partial charge >= 0.3 is 6.09 Å². The Bertz CT molecular complexity index is 383. The van der Waals surface area contributed by atoms with Crippen molar-refractivity contribution in [3.05, 3.63) is 0 Å². The summed E-state index contributed by atoms with van der Waals surface area (Å²) in [6, 6.07) is 0.538. The van der Waals surface area contributed by atoms with E-state index in [1.54, 1.807) is 0 Å². The molecule has 2 N–H and O–H groups in total. The van der Waals surface area contributed by atoms with Crippen LogP contribution in [0, 0.1) is 11.3 Å². The van der Waals surface area contributed by atoms with Crippen molar-refractivity contribution in [2.45, 2.75) is 90.7 Å². The van der Waals surface area contributed by atoms with Crippen LogP contribution in [0.2, 0.25) is 0 Å². The Hall–Kier alpha value is -0.770. The predicted molar refractivity (Wildman–Crippen MR) is 94.6 cm³/mol. The molecule has 0 aromatic rings. The summed E-state index contributed by atoms with van der Waals surface area (Å²) < 4.78 is 5.35. The van der Waals surface area contributed by atoms with Crippen molar-refractivity contribution in [3.63, 3.8) is 0 Å². The molecular weight excluding hydrogens is 288 g/mol. The van der Waals surface area contributed by atoms with Crippen LogP contribution in [-0.2, 0) is 4.74 Å². The molecular formula is C19H36N2O2. The van der Waals surface area contributed by atoms with Gasteiger partial charge in [-0.1, -0.05) is 32.6 Å². The van der Waals surface area contributed by atoms with E-state index >= 15 is 0 Å². The number of amides is 1. The average molecular weight is 325 g/mol. The van der Waals surface area contributed by atoms with Gasteiger partial charge in [-0.3, -0.25) is 0 Å². The zero-order valence-corrected chi connectivity index (χ0v) is 15.5. The second kappa shape index (κ2) is 7.87. The largest absolute Gasteiger partial charge is 0.444 e. The number of hydrogen-bond acceptors (Lipinski definition) is 3. The normalized spacial score (nSPS) is 27.7. The third-order valence-electron chi connectivity index (χ3n) is 5.42. The first kappa shape index (κ1) is 18.6. The highest BCUT2D eigenvalue weighted by Crippen LogP contribution is 2.37. The van der Waals surface area contributed by atoms with Gasteiger partial charge in [0.15, 0.2) is 0 Å². The van der Waals surface area contributed by atoms with Gasteiger partial charge < -0.3 is 15.4 Å². The number of alkyl carbamates (subject to hydrolysis) is 1. The zero-order chi connectivity index (χ0) is 16.9. The number of rotatable bonds is 5. The Labute approximate surface area is 142 Å². The minimum atomic E-state index is -0.425. The van der Waals surface area contributed by atoms with Crippen LogP contribution in [0.3, 0.4) is 0 Å². The van der Waals surface area contributed by atoms with E-state index in [9.17, 15) is 4.79 Å². The van der Waals surface area contributed by atoms with E-state index in [2.05, 4.69) is 17.6 Å². The first-order valence-corrected chi connectivity index (χ1v) is 9.48. The number of hydrogen-bond donors (Lipinski definition) is 2. The Morgan fingerprint density at radius 3 is 2.43 bits per heavy atom. The van der Waals surface area contributed by atoms with E-state index in [4.69, 9.17) is 4.74 Å². The monoisotopic (exact) mass is 324 g/mol. The van der Waals surface area contributed by atoms with Crippen LogP contribution in [0.1, 0.15) is 79.1 Å². The molecule has 0 radical (unpaired) electrons. The lowest BCUT2D eigenvalue weighted by atomic mass is 9.82. The summed E-state index contributed by atoms with van der Waals surface area (Å²) in [5.74, 6) is 0.529. The maximum absolute atomic E-state index is 11.9. The molecule has 0 aliphatic heterocycles. The second-order valence-corrected chi connectivity index (χ2v) is 8.93. The molecule has 0 aromatic carbocycles. The molecule has 2 atom stereocenters. The van der Waals surface area contributed by atoms with Crippen molar-refractivity contribution < 1.29 is 9.53 Å². The summed E-state index contributed by atoms with van der Waals surface area (Å²) >= 11 is 0. The molecule has 0 aromatic heterocycles. The van der Waals surface area contributed by atoms with Crippen LogP contribution in [0.25, 0.3) is 0 Å². The minimum absolute atomic E-state index is 0.287. The van der Waals surface area contributed by atoms with Gasteiger partial charge in [-0.05, 0) is 57.8 Å². The quantitative estimate of drug-likeness (QED) is 0.795. The fourth-order valence-corrected chi connectivity index (χ4v) is 4.03. The van der Waals surface area contributed by atoms with Crippen LogP contribution >= 0.6 is 0 Å². The van der Waals surface area contributed by atoms with Crippen LogP contribution in [0.15, 0.2) is 0 Å². The number of ether oxygens (including phenoxy) is 1. The zero-order valence-electron chi connectivity index (χ0n) is 15.5. The molecule has 2 aliphatic rings. The minimum Gasteiger partial charge on any atom is -0.444 e. The summed E-state index contributed by atoms with van der Waals surface area (Å²) in [5.41, 5.74) is 0.0615. The summed E-state index contributed by atoms with van der Waals surface area (Å²) in [5, 5.41) is 6.81. The molecule has 4 heteroatoms. The Morgan fingerprint density at radius 1 is 1.13 bits per heavy atom. The molecule has 2 saturated carbocycles. The van der Waals surface area contributed by atoms with E-state index < -0.39 is 5.60 Å². The lowest BCUT2D eigenvalue weighted by Gasteiger charge is -2.35. The Morgan fingerprint density at radius 2 is 1.78 bits per heavy atom. The number of nitrogens with one attached hydrogen (secondary N) is 2. The molecule has 2 rings (SSSR count). The summed E-state index contributed by atoms with van der Waals surface area (Å²) in [6.07, 6.45) is 10.2. The highest BCUT2D eigenvalue weighted by molar-refractivity contribution is 5.67. The fourth-order valence-electron chi connectivity index (χ4n) is 4.03. The molecule has 0 bridgehead atoms. The van der Waals surface area contributed by atoms with Gasteiger partial charge in [-0.15, -0.1) is 0 Å². The highest BCUT2D eigenvalue weighted by Gasteiger charge is 2.31. The first-order valence-electron chi connectivity index (χ1n) is 9.48. The molecule has 2 fully saturated rings. The van der Waals surface area contributed by atoms with Gasteiger partial charge in [-0.25, -0.2) is 4.79 Å². The van der Waals surface area contributed by atoms with Gasteiger partial charge in [-0.2, -0.15) is 0 Å². The van der Waals surface area contributed by atoms with E-state index in [0.29, 0.717) is 17.4 Å². The van der Waals surface area contributed by atoms with E-state index in [-0.39, 0.29) is 6.09 Å². The topological polar surface area (TPSA) is 50.4 Å². The fraction of sp³-hybridized carbons (Fsp3) is 0.947. The predicted octanol–water partition coefficient (Wildman–Crippen LogP) is 4.24. The molecule has 2 aliphatic carbocycles. The third kappa shape index (κ3) is 6.33. The van der Waals surface area contributed by atoms with Crippen LogP contribution in [0.5, 0.6) is 0 Å². The van der Waals surface area contributed by atoms with Crippen molar-refractivity contribution >= 4 is 6.09 Å². The van der Waals surface area contributed by atoms with Gasteiger partial charge in [0.25, 0.3) is 0 Å². The lowest BCUT2D eigenvalue weighted by Crippen LogP contribution is -2.47. The van der Waals surface area contributed by atoms with Crippen LogP contribution < -0.4 is 10.6 Å². The smallest absolute Gasteiger partial charge is 0.407 e. The van der Waals surface area contributed by atoms with Gasteiger partial charge in [0, 0.05) is 19.1 Å². The summed E-state index contributed by atoms with van der Waals surface area (Å²) in [4.78, 5) is 11.9. The van der Waals surface area contributed by atoms with Crippen molar-refractivity contribution in [1.29, 1.82) is 0 Å². The van der Waals surface area contributed by atoms with Crippen molar-refractivity contribution in [1.82, 2.24) is 10.6 Å². The summed E-state index contributed by atoms with van der Waals surface area (Å²) in [6.45, 7) is 9.98. The van der Waals surface area contributed by atoms with Crippen molar-refractivity contribution in [2.75, 3.05) is 13.1 Å². The molecule has 2 unspecified atom stereocenters. The van der Waals surface area contributed by atoms with Crippen molar-refractivity contribution in [3.8, 4) is 0 Å². The van der Waals surface area contributed by atoms with Gasteiger partial charge in [0.05, 0.1) is 0 Å². The molecule has 23 heavy (non-hydrogen) atoms. The van der Waals surface area contributed by atoms with Gasteiger partial charge in [0.1, 0.15) is 5.60 Å². The van der Waals surface area contributed by atoms with E-state index in [0.717, 1.165) is 13.1 Å². The molecule has 0 spiro atoms. The van der Waals surface area contributed by atoms with Crippen molar-refractivity contribution in [2.24, 2.45) is 11.3 Å². The first-order chi connectivity index (χ1) is 10.8. The second-order valence-electron chi connectivity index (χ2n) is 8.93. The average Bonchev–Trinajstić information content (AvgIpc) is 2.89. The Balaban J connectivity index is 1.77. The van der Waals surface area contributed by atoms with E-state index in [1.807, 2.05) is 20.8 Å². The third-order valence-corrected chi connectivity index (χ3v) is 5.42. The number of carbonyl (C=O) groups excluding carboxylic acids is 1. The lowest BCUT2D eigenvalue weighted by molar-refractivity contribution is 0.0509. The van der Waals surface area contributed by atoms with Crippen LogP contribution in [0.4, 0.5) is 4.79 Å². The molecule has 1 amide bonds. The molecule has 0 saturated heterocycles. The standard InChI is InChI=1S/C19H36N2O2/c1-18(2,3)23-17(22)20-13-15-9-5-6-10-16(15)21-14-19(4)11-7-8-12-19/h15-16,21H,5-14H2,1-4H3,(H,20,22). The Kier molecular flexibility index (Phi) is 6.35. The molecule has 134 valence electrons. The SMILES string of the molecule is CC1(CNC2CCCCC2CNC(=O)OC(C)(C)C)CCCC1. The van der Waals surface area contributed by atoms with Gasteiger partial charge in [0.2, 0.25) is 0 Å². The maximum Gasteiger partial charge on any atom is 0.407 e. The highest BCUT2D eigenvalue weighted by atomic mass is 16.6. The number of carbonyl (C=O) groups is 1. The summed E-state index contributed by atoms with van der Waals surface area (Å²) in [7, 11) is 0. The molecule has 0 heterocycles.